The van der Waals surface area contributed by atoms with Crippen LogP contribution in [0.4, 0.5) is 0 Å². The molecule has 3 heteroatoms. The maximum atomic E-state index is 5.06. The molecule has 0 saturated carbocycles. The number of rotatable bonds is 6. The summed E-state index contributed by atoms with van der Waals surface area (Å²) in [5.74, 6) is 1.93. The van der Waals surface area contributed by atoms with Gasteiger partial charge in [0.15, 0.2) is 17.5 Å². The third kappa shape index (κ3) is 5.72. The van der Waals surface area contributed by atoms with Gasteiger partial charge in [-0.05, 0) is 79.2 Å². The summed E-state index contributed by atoms with van der Waals surface area (Å²) in [5, 5.41) is 5.05. The van der Waals surface area contributed by atoms with Gasteiger partial charge >= 0.3 is 0 Å². The molecule has 0 aliphatic carbocycles. The highest BCUT2D eigenvalue weighted by molar-refractivity contribution is 6.08. The van der Waals surface area contributed by atoms with E-state index in [2.05, 4.69) is 152 Å². The normalized spacial score (nSPS) is 11.2. The van der Waals surface area contributed by atoms with E-state index in [0.717, 1.165) is 38.9 Å². The molecular weight excluding hydrogens is 607 g/mol. The van der Waals surface area contributed by atoms with Crippen LogP contribution in [0.5, 0.6) is 0 Å². The molecule has 0 atom stereocenters. The summed E-state index contributed by atoms with van der Waals surface area (Å²) in [7, 11) is 0. The van der Waals surface area contributed by atoms with Crippen molar-refractivity contribution in [1.29, 1.82) is 0 Å². The average Bonchev–Trinajstić information content (AvgIpc) is 3.21. The van der Waals surface area contributed by atoms with E-state index in [0.29, 0.717) is 17.5 Å². The van der Waals surface area contributed by atoms with Crippen LogP contribution in [0.2, 0.25) is 0 Å². The van der Waals surface area contributed by atoms with Crippen LogP contribution in [0.1, 0.15) is 0 Å². The van der Waals surface area contributed by atoms with Gasteiger partial charge in [-0.2, -0.15) is 0 Å². The quantitative estimate of drug-likeness (QED) is 0.170. The fourth-order valence-electron chi connectivity index (χ4n) is 6.73. The zero-order chi connectivity index (χ0) is 33.3. The zero-order valence-electron chi connectivity index (χ0n) is 27.2. The van der Waals surface area contributed by atoms with Crippen molar-refractivity contribution < 1.29 is 0 Å². The Morgan fingerprint density at radius 1 is 0.220 bits per heavy atom. The molecule has 1 aromatic heterocycles. The van der Waals surface area contributed by atoms with Gasteiger partial charge in [0.2, 0.25) is 0 Å². The zero-order valence-corrected chi connectivity index (χ0v) is 27.2. The summed E-state index contributed by atoms with van der Waals surface area (Å²) in [6, 6.07) is 65.9. The summed E-state index contributed by atoms with van der Waals surface area (Å²) < 4.78 is 0. The molecule has 0 aliphatic rings. The smallest absolute Gasteiger partial charge is 0.164 e. The third-order valence-electron chi connectivity index (χ3n) is 9.29. The molecule has 3 nitrogen and oxygen atoms in total. The van der Waals surface area contributed by atoms with Crippen molar-refractivity contribution in [2.75, 3.05) is 0 Å². The molecule has 50 heavy (non-hydrogen) atoms. The molecule has 0 N–H and O–H groups in total. The van der Waals surface area contributed by atoms with Crippen molar-refractivity contribution in [2.45, 2.75) is 0 Å². The molecule has 0 aliphatic heterocycles. The van der Waals surface area contributed by atoms with Crippen LogP contribution >= 0.6 is 0 Å². The van der Waals surface area contributed by atoms with Crippen molar-refractivity contribution in [3.8, 4) is 67.5 Å². The summed E-state index contributed by atoms with van der Waals surface area (Å²) in [6.45, 7) is 0. The van der Waals surface area contributed by atoms with Crippen molar-refractivity contribution >= 4 is 21.5 Å². The predicted octanol–water partition coefficient (Wildman–Crippen LogP) is 12.2. The maximum Gasteiger partial charge on any atom is 0.164 e. The third-order valence-corrected chi connectivity index (χ3v) is 9.29. The Hall–Kier alpha value is -6.71. The Bertz CT molecular complexity index is 2650. The maximum absolute atomic E-state index is 5.06. The van der Waals surface area contributed by atoms with Gasteiger partial charge in [0.25, 0.3) is 0 Å². The topological polar surface area (TPSA) is 38.7 Å². The van der Waals surface area contributed by atoms with E-state index in [9.17, 15) is 0 Å². The number of nitrogens with zero attached hydrogens (tertiary/aromatic N) is 3. The first-order valence-corrected chi connectivity index (χ1v) is 16.9. The van der Waals surface area contributed by atoms with Gasteiger partial charge in [-0.1, -0.05) is 164 Å². The van der Waals surface area contributed by atoms with Crippen molar-refractivity contribution in [3.63, 3.8) is 0 Å². The predicted molar refractivity (Wildman–Crippen MR) is 207 cm³/mol. The highest BCUT2D eigenvalue weighted by atomic mass is 15.0. The molecular formula is C47H31N3. The van der Waals surface area contributed by atoms with E-state index in [-0.39, 0.29) is 0 Å². The van der Waals surface area contributed by atoms with Gasteiger partial charge in [-0.15, -0.1) is 0 Å². The van der Waals surface area contributed by atoms with Crippen LogP contribution < -0.4 is 0 Å². The Labute approximate surface area is 291 Å². The first kappa shape index (κ1) is 29.4. The van der Waals surface area contributed by atoms with E-state index in [1.165, 1.54) is 32.7 Å². The summed E-state index contributed by atoms with van der Waals surface area (Å²) >= 11 is 0. The van der Waals surface area contributed by atoms with Gasteiger partial charge in [0.05, 0.1) is 0 Å². The standard InChI is InChI=1S/C47H31N3/c1-3-12-32(13-4-1)35-17-10-21-41(30-35)46-48-45(34-15-5-2-6-16-34)49-47(50-46)42-22-11-20-38(31-42)36-18-9-19-37(28-36)39-26-27-44-40(29-39)25-24-33-14-7-8-23-43(33)44/h1-31H. The SMILES string of the molecule is c1ccc(-c2cccc(-c3nc(-c4ccccc4)nc(-c4cccc(-c5cccc(-c6ccc7c(ccc8ccccc87)c6)c5)c4)n3)c2)cc1. The number of fused-ring (bicyclic) bond motifs is 3. The van der Waals surface area contributed by atoms with E-state index in [1.807, 2.05) is 36.4 Å². The number of aromatic nitrogens is 3. The lowest BCUT2D eigenvalue weighted by Gasteiger charge is -2.11. The number of hydrogen-bond acceptors (Lipinski definition) is 3. The van der Waals surface area contributed by atoms with Crippen LogP contribution in [0, 0.1) is 0 Å². The van der Waals surface area contributed by atoms with Crippen molar-refractivity contribution in [2.24, 2.45) is 0 Å². The second-order valence-electron chi connectivity index (χ2n) is 12.5. The molecule has 0 bridgehead atoms. The Balaban J connectivity index is 1.11. The second-order valence-corrected chi connectivity index (χ2v) is 12.5. The van der Waals surface area contributed by atoms with Crippen LogP contribution in [0.15, 0.2) is 188 Å². The minimum atomic E-state index is 0.638. The van der Waals surface area contributed by atoms with Crippen molar-refractivity contribution in [1.82, 2.24) is 15.0 Å². The van der Waals surface area contributed by atoms with E-state index in [4.69, 9.17) is 15.0 Å². The Kier molecular flexibility index (Phi) is 7.49. The molecule has 9 rings (SSSR count). The van der Waals surface area contributed by atoms with Crippen LogP contribution in [-0.2, 0) is 0 Å². The van der Waals surface area contributed by atoms with Crippen LogP contribution in [-0.4, -0.2) is 15.0 Å². The molecule has 0 amide bonds. The first-order valence-electron chi connectivity index (χ1n) is 16.9. The van der Waals surface area contributed by atoms with E-state index >= 15 is 0 Å². The lowest BCUT2D eigenvalue weighted by Crippen LogP contribution is -2.00. The van der Waals surface area contributed by atoms with Crippen molar-refractivity contribution in [3.05, 3.63) is 188 Å². The molecule has 1 heterocycles. The van der Waals surface area contributed by atoms with Gasteiger partial charge in [0.1, 0.15) is 0 Å². The highest BCUT2D eigenvalue weighted by Crippen LogP contribution is 2.34. The first-order chi connectivity index (χ1) is 24.7. The van der Waals surface area contributed by atoms with Gasteiger partial charge in [0, 0.05) is 16.7 Å². The average molecular weight is 638 g/mol. The van der Waals surface area contributed by atoms with Crippen LogP contribution in [0.3, 0.4) is 0 Å². The van der Waals surface area contributed by atoms with Gasteiger partial charge < -0.3 is 0 Å². The summed E-state index contributed by atoms with van der Waals surface area (Å²) in [6.07, 6.45) is 0. The number of hydrogen-bond donors (Lipinski definition) is 0. The molecule has 0 spiro atoms. The molecule has 9 aromatic rings. The molecule has 8 aromatic carbocycles. The fourth-order valence-corrected chi connectivity index (χ4v) is 6.73. The largest absolute Gasteiger partial charge is 0.208 e. The van der Waals surface area contributed by atoms with Crippen LogP contribution in [0.25, 0.3) is 89.1 Å². The van der Waals surface area contributed by atoms with E-state index in [1.54, 1.807) is 0 Å². The van der Waals surface area contributed by atoms with E-state index < -0.39 is 0 Å². The molecule has 0 saturated heterocycles. The van der Waals surface area contributed by atoms with Gasteiger partial charge in [-0.3, -0.25) is 0 Å². The Morgan fingerprint density at radius 3 is 1.24 bits per heavy atom. The summed E-state index contributed by atoms with van der Waals surface area (Å²) in [5.41, 5.74) is 9.70. The Morgan fingerprint density at radius 2 is 0.620 bits per heavy atom. The number of benzene rings is 8. The fraction of sp³-hybridized carbons (Fsp3) is 0. The minimum absolute atomic E-state index is 0.638. The summed E-state index contributed by atoms with van der Waals surface area (Å²) in [4.78, 5) is 15.0. The monoisotopic (exact) mass is 637 g/mol. The molecule has 0 unspecified atom stereocenters. The van der Waals surface area contributed by atoms with Gasteiger partial charge in [-0.25, -0.2) is 15.0 Å². The lowest BCUT2D eigenvalue weighted by molar-refractivity contribution is 1.07. The second kappa shape index (κ2) is 12.7. The molecule has 0 fully saturated rings. The minimum Gasteiger partial charge on any atom is -0.208 e. The molecule has 234 valence electrons. The molecule has 0 radical (unpaired) electrons. The highest BCUT2D eigenvalue weighted by Gasteiger charge is 2.14. The lowest BCUT2D eigenvalue weighted by atomic mass is 9.95.